The number of halogens is 2. The van der Waals surface area contributed by atoms with Gasteiger partial charge >= 0.3 is 0 Å². The van der Waals surface area contributed by atoms with Crippen LogP contribution >= 0.6 is 0 Å². The molecule has 1 nitrogen and oxygen atoms in total. The van der Waals surface area contributed by atoms with E-state index in [4.69, 9.17) is 4.74 Å². The van der Waals surface area contributed by atoms with Gasteiger partial charge in [0, 0.05) is 0 Å². The summed E-state index contributed by atoms with van der Waals surface area (Å²) in [5.74, 6) is -0.263. The average molecular weight is 310 g/mol. The minimum Gasteiger partial charge on any atom is -0.490 e. The summed E-state index contributed by atoms with van der Waals surface area (Å²) in [5, 5.41) is 0. The van der Waals surface area contributed by atoms with Gasteiger partial charge in [0.15, 0.2) is 11.6 Å². The average Bonchev–Trinajstić information content (AvgIpc) is 2.53. The van der Waals surface area contributed by atoms with Crippen LogP contribution in [0, 0.1) is 30.4 Å². The summed E-state index contributed by atoms with van der Waals surface area (Å²) in [4.78, 5) is 0. The first kappa shape index (κ1) is 17.2. The summed E-state index contributed by atoms with van der Waals surface area (Å²) in [5.41, 5.74) is 0.317. The van der Waals surface area contributed by atoms with Crippen molar-refractivity contribution < 1.29 is 13.5 Å². The van der Waals surface area contributed by atoms with Crippen molar-refractivity contribution in [1.82, 2.24) is 0 Å². The Morgan fingerprint density at radius 1 is 1.00 bits per heavy atom. The second-order valence-electron chi connectivity index (χ2n) is 6.70. The van der Waals surface area contributed by atoms with E-state index < -0.39 is 11.6 Å². The van der Waals surface area contributed by atoms with Gasteiger partial charge in [0.2, 0.25) is 5.82 Å². The highest BCUT2D eigenvalue weighted by Crippen LogP contribution is 2.33. The third kappa shape index (κ3) is 4.69. The molecule has 1 aromatic rings. The lowest BCUT2D eigenvalue weighted by Gasteiger charge is -2.28. The largest absolute Gasteiger partial charge is 0.490 e. The Morgan fingerprint density at radius 2 is 1.68 bits per heavy atom. The maximum atomic E-state index is 13.8. The van der Waals surface area contributed by atoms with Crippen molar-refractivity contribution in [2.24, 2.45) is 11.8 Å². The lowest BCUT2D eigenvalue weighted by molar-refractivity contribution is 0.172. The van der Waals surface area contributed by atoms with Crippen LogP contribution in [0.2, 0.25) is 0 Å². The smallest absolute Gasteiger partial charge is 0.200 e. The quantitative estimate of drug-likeness (QED) is 0.558. The molecule has 3 heteroatoms. The van der Waals surface area contributed by atoms with Crippen LogP contribution in [0.15, 0.2) is 12.1 Å². The zero-order valence-electron chi connectivity index (χ0n) is 13.8. The summed E-state index contributed by atoms with van der Waals surface area (Å²) in [6.07, 6.45) is 10.1. The number of ether oxygens (including phenoxy) is 1. The van der Waals surface area contributed by atoms with Gasteiger partial charge in [0.25, 0.3) is 0 Å². The van der Waals surface area contributed by atoms with Gasteiger partial charge in [-0.1, -0.05) is 51.5 Å². The molecule has 0 unspecified atom stereocenters. The highest BCUT2D eigenvalue weighted by atomic mass is 19.2. The van der Waals surface area contributed by atoms with Gasteiger partial charge in [0.1, 0.15) is 0 Å². The van der Waals surface area contributed by atoms with Gasteiger partial charge in [0.05, 0.1) is 6.61 Å². The van der Waals surface area contributed by atoms with Crippen molar-refractivity contribution in [1.29, 1.82) is 0 Å². The molecule has 0 aliphatic heterocycles. The first-order valence-electron chi connectivity index (χ1n) is 8.69. The molecule has 0 bridgehead atoms. The maximum Gasteiger partial charge on any atom is 0.200 e. The highest BCUT2D eigenvalue weighted by Gasteiger charge is 2.22. The molecule has 1 fully saturated rings. The zero-order valence-corrected chi connectivity index (χ0v) is 13.8. The van der Waals surface area contributed by atoms with Crippen molar-refractivity contribution in [3.8, 4) is 5.75 Å². The fraction of sp³-hybridized carbons (Fsp3) is 0.684. The van der Waals surface area contributed by atoms with Gasteiger partial charge in [-0.3, -0.25) is 0 Å². The normalized spacial score (nSPS) is 21.8. The van der Waals surface area contributed by atoms with Crippen molar-refractivity contribution in [3.05, 3.63) is 29.3 Å². The number of hydrogen-bond donors (Lipinski definition) is 0. The molecule has 1 saturated carbocycles. The molecule has 0 saturated heterocycles. The Balaban J connectivity index is 1.74. The van der Waals surface area contributed by atoms with E-state index in [0.29, 0.717) is 18.1 Å². The molecule has 124 valence electrons. The number of benzene rings is 1. The number of hydrogen-bond acceptors (Lipinski definition) is 1. The Hall–Kier alpha value is -1.12. The standard InChI is InChI=1S/C19H28F2O/c1-3-4-5-6-15-8-10-16(11-9-15)13-22-17-12-7-14(2)18(20)19(17)21/h7,12,15-16H,3-6,8-11,13H2,1-2H3. The Kier molecular flexibility index (Phi) is 6.66. The fourth-order valence-electron chi connectivity index (χ4n) is 3.32. The summed E-state index contributed by atoms with van der Waals surface area (Å²) < 4.78 is 32.8. The first-order valence-corrected chi connectivity index (χ1v) is 8.69. The molecule has 2 rings (SSSR count). The lowest BCUT2D eigenvalue weighted by Crippen LogP contribution is -2.20. The van der Waals surface area contributed by atoms with Crippen LogP contribution in [-0.2, 0) is 0 Å². The molecule has 1 aromatic carbocycles. The molecule has 0 aromatic heterocycles. The van der Waals surface area contributed by atoms with Crippen molar-refractivity contribution >= 4 is 0 Å². The molecule has 0 amide bonds. The van der Waals surface area contributed by atoms with Gasteiger partial charge in [-0.15, -0.1) is 0 Å². The predicted octanol–water partition coefficient (Wildman–Crippen LogP) is 6.04. The molecule has 0 spiro atoms. The zero-order chi connectivity index (χ0) is 15.9. The third-order valence-corrected chi connectivity index (χ3v) is 4.90. The second-order valence-corrected chi connectivity index (χ2v) is 6.70. The summed E-state index contributed by atoms with van der Waals surface area (Å²) in [6, 6.07) is 3.10. The summed E-state index contributed by atoms with van der Waals surface area (Å²) in [6.45, 7) is 4.30. The Morgan fingerprint density at radius 3 is 2.36 bits per heavy atom. The molecular weight excluding hydrogens is 282 g/mol. The van der Waals surface area contributed by atoms with Crippen LogP contribution < -0.4 is 4.74 Å². The first-order chi connectivity index (χ1) is 10.6. The molecule has 22 heavy (non-hydrogen) atoms. The molecule has 1 aliphatic carbocycles. The van der Waals surface area contributed by atoms with E-state index in [1.54, 1.807) is 13.0 Å². The molecule has 0 radical (unpaired) electrons. The minimum atomic E-state index is -0.853. The molecule has 0 N–H and O–H groups in total. The van der Waals surface area contributed by atoms with Gasteiger partial charge in [-0.2, -0.15) is 4.39 Å². The van der Waals surface area contributed by atoms with Crippen molar-refractivity contribution in [2.75, 3.05) is 6.61 Å². The fourth-order valence-corrected chi connectivity index (χ4v) is 3.32. The van der Waals surface area contributed by atoms with E-state index in [9.17, 15) is 8.78 Å². The topological polar surface area (TPSA) is 9.23 Å². The van der Waals surface area contributed by atoms with E-state index in [-0.39, 0.29) is 5.75 Å². The van der Waals surface area contributed by atoms with Gasteiger partial charge < -0.3 is 4.74 Å². The van der Waals surface area contributed by atoms with Crippen LogP contribution in [0.25, 0.3) is 0 Å². The third-order valence-electron chi connectivity index (χ3n) is 4.90. The Labute approximate surface area is 133 Å². The lowest BCUT2D eigenvalue weighted by atomic mass is 9.80. The molecular formula is C19H28F2O. The molecule has 0 heterocycles. The summed E-state index contributed by atoms with van der Waals surface area (Å²) in [7, 11) is 0. The van der Waals surface area contributed by atoms with Crippen molar-refractivity contribution in [3.63, 3.8) is 0 Å². The van der Waals surface area contributed by atoms with Gasteiger partial charge in [-0.05, 0) is 43.2 Å². The van der Waals surface area contributed by atoms with Crippen LogP contribution in [-0.4, -0.2) is 6.61 Å². The van der Waals surface area contributed by atoms with Crippen molar-refractivity contribution in [2.45, 2.75) is 65.2 Å². The van der Waals surface area contributed by atoms with Crippen LogP contribution in [0.5, 0.6) is 5.75 Å². The summed E-state index contributed by atoms with van der Waals surface area (Å²) >= 11 is 0. The second kappa shape index (κ2) is 8.50. The maximum absolute atomic E-state index is 13.8. The van der Waals surface area contributed by atoms with E-state index in [1.165, 1.54) is 44.6 Å². The number of unbranched alkanes of at least 4 members (excludes halogenated alkanes) is 2. The number of rotatable bonds is 7. The van der Waals surface area contributed by atoms with Crippen LogP contribution in [0.1, 0.15) is 63.9 Å². The van der Waals surface area contributed by atoms with E-state index >= 15 is 0 Å². The van der Waals surface area contributed by atoms with E-state index in [0.717, 1.165) is 18.8 Å². The van der Waals surface area contributed by atoms with Crippen LogP contribution in [0.3, 0.4) is 0 Å². The SMILES string of the molecule is CCCCCC1CCC(COc2ccc(C)c(F)c2F)CC1. The highest BCUT2D eigenvalue weighted by molar-refractivity contribution is 5.30. The molecule has 0 atom stereocenters. The Bertz CT molecular complexity index is 465. The monoisotopic (exact) mass is 310 g/mol. The molecule has 1 aliphatic rings. The minimum absolute atomic E-state index is 0.0492. The van der Waals surface area contributed by atoms with Crippen LogP contribution in [0.4, 0.5) is 8.78 Å². The van der Waals surface area contributed by atoms with E-state index in [1.807, 2.05) is 0 Å². The van der Waals surface area contributed by atoms with Gasteiger partial charge in [-0.25, -0.2) is 4.39 Å². The van der Waals surface area contributed by atoms with E-state index in [2.05, 4.69) is 6.92 Å². The predicted molar refractivity (Wildman–Crippen MR) is 86.2 cm³/mol. The number of aryl methyl sites for hydroxylation is 1.